The lowest BCUT2D eigenvalue weighted by molar-refractivity contribution is 0.0231. The van der Waals surface area contributed by atoms with Gasteiger partial charge in [0, 0.05) is 0 Å². The topological polar surface area (TPSA) is 35.5 Å². The highest BCUT2D eigenvalue weighted by Gasteiger charge is 2.18. The van der Waals surface area contributed by atoms with E-state index in [1.165, 1.54) is 0 Å². The zero-order valence-corrected chi connectivity index (χ0v) is 9.92. The fraction of sp³-hybridized carbons (Fsp3) is 0.909. The number of hydrogen-bond donors (Lipinski definition) is 0. The van der Waals surface area contributed by atoms with Crippen molar-refractivity contribution in [3.8, 4) is 0 Å². The van der Waals surface area contributed by atoms with Crippen LogP contribution in [0.1, 0.15) is 41.0 Å². The van der Waals surface area contributed by atoms with Gasteiger partial charge in [0.15, 0.2) is 0 Å². The van der Waals surface area contributed by atoms with Gasteiger partial charge in [0.25, 0.3) is 0 Å². The summed E-state index contributed by atoms with van der Waals surface area (Å²) in [7, 11) is 0. The van der Waals surface area contributed by atoms with Gasteiger partial charge in [0.2, 0.25) is 0 Å². The Hall–Kier alpha value is -0.730. The van der Waals surface area contributed by atoms with E-state index in [-0.39, 0.29) is 5.41 Å². The predicted octanol–water partition coefficient (Wildman–Crippen LogP) is 3.23. The molecule has 0 atom stereocenters. The van der Waals surface area contributed by atoms with E-state index in [1.54, 1.807) is 0 Å². The van der Waals surface area contributed by atoms with Gasteiger partial charge in [0.05, 0.1) is 13.2 Å². The first-order chi connectivity index (χ1) is 6.37. The molecule has 0 unspecified atom stereocenters. The lowest BCUT2D eigenvalue weighted by atomic mass is 9.92. The molecule has 0 spiro atoms. The smallest absolute Gasteiger partial charge is 0.434 e. The third-order valence-electron chi connectivity index (χ3n) is 2.07. The van der Waals surface area contributed by atoms with Gasteiger partial charge in [0.1, 0.15) is 0 Å². The van der Waals surface area contributed by atoms with Gasteiger partial charge in [-0.2, -0.15) is 0 Å². The molecule has 84 valence electrons. The summed E-state index contributed by atoms with van der Waals surface area (Å²) in [6.45, 7) is 11.0. The molecule has 0 saturated carbocycles. The summed E-state index contributed by atoms with van der Waals surface area (Å²) in [6.07, 6.45) is 0.421. The van der Waals surface area contributed by atoms with Gasteiger partial charge in [-0.25, -0.2) is 4.79 Å². The van der Waals surface area contributed by atoms with Crippen LogP contribution in [0.4, 0.5) is 4.79 Å². The Bertz CT molecular complexity index is 173. The quantitative estimate of drug-likeness (QED) is 0.642. The van der Waals surface area contributed by atoms with Crippen molar-refractivity contribution in [2.24, 2.45) is 11.3 Å². The van der Waals surface area contributed by atoms with Gasteiger partial charge in [-0.05, 0) is 17.8 Å². The largest absolute Gasteiger partial charge is 0.508 e. The minimum Gasteiger partial charge on any atom is -0.434 e. The number of carbonyl (C=O) groups excluding carboxylic acids is 1. The first-order valence-corrected chi connectivity index (χ1v) is 5.17. The van der Waals surface area contributed by atoms with Crippen LogP contribution in [0.5, 0.6) is 0 Å². The molecule has 0 bridgehead atoms. The minimum absolute atomic E-state index is 0.0385. The molecule has 14 heavy (non-hydrogen) atoms. The molecule has 0 aliphatic carbocycles. The third-order valence-corrected chi connectivity index (χ3v) is 2.07. The monoisotopic (exact) mass is 202 g/mol. The Morgan fingerprint density at radius 2 is 1.86 bits per heavy atom. The van der Waals surface area contributed by atoms with Gasteiger partial charge in [-0.1, -0.05) is 34.6 Å². The van der Waals surface area contributed by atoms with Crippen molar-refractivity contribution in [1.82, 2.24) is 0 Å². The fourth-order valence-electron chi connectivity index (χ4n) is 0.633. The molecule has 0 aliphatic heterocycles. The lowest BCUT2D eigenvalue weighted by Crippen LogP contribution is -2.22. The average molecular weight is 202 g/mol. The van der Waals surface area contributed by atoms with E-state index in [9.17, 15) is 4.79 Å². The Labute approximate surface area is 86.8 Å². The fourth-order valence-corrected chi connectivity index (χ4v) is 0.633. The SMILES string of the molecule is CCC(C)(C)COC(=O)OCC(C)C. The van der Waals surface area contributed by atoms with Crippen LogP contribution in [0, 0.1) is 11.3 Å². The highest BCUT2D eigenvalue weighted by Crippen LogP contribution is 2.19. The van der Waals surface area contributed by atoms with Gasteiger partial charge >= 0.3 is 6.16 Å². The summed E-state index contributed by atoms with van der Waals surface area (Å²) in [5, 5.41) is 0. The van der Waals surface area contributed by atoms with Crippen molar-refractivity contribution in [1.29, 1.82) is 0 Å². The Morgan fingerprint density at radius 1 is 1.29 bits per heavy atom. The van der Waals surface area contributed by atoms with Crippen molar-refractivity contribution in [3.63, 3.8) is 0 Å². The molecule has 0 rings (SSSR count). The highest BCUT2D eigenvalue weighted by atomic mass is 16.7. The van der Waals surface area contributed by atoms with Crippen molar-refractivity contribution in [2.45, 2.75) is 41.0 Å². The van der Waals surface area contributed by atoms with E-state index in [0.717, 1.165) is 6.42 Å². The van der Waals surface area contributed by atoms with E-state index in [2.05, 4.69) is 20.8 Å². The van der Waals surface area contributed by atoms with Crippen molar-refractivity contribution in [3.05, 3.63) is 0 Å². The Kier molecular flexibility index (Phi) is 5.58. The normalized spacial score (nSPS) is 11.6. The second-order valence-electron chi connectivity index (χ2n) is 4.76. The zero-order chi connectivity index (χ0) is 11.2. The second-order valence-corrected chi connectivity index (χ2v) is 4.76. The second kappa shape index (κ2) is 5.89. The summed E-state index contributed by atoms with van der Waals surface area (Å²) in [4.78, 5) is 11.1. The third kappa shape index (κ3) is 6.75. The summed E-state index contributed by atoms with van der Waals surface area (Å²) in [6, 6.07) is 0. The number of rotatable bonds is 5. The summed E-state index contributed by atoms with van der Waals surface area (Å²) >= 11 is 0. The van der Waals surface area contributed by atoms with Gasteiger partial charge < -0.3 is 9.47 Å². The number of carbonyl (C=O) groups is 1. The van der Waals surface area contributed by atoms with Crippen LogP contribution in [-0.2, 0) is 9.47 Å². The van der Waals surface area contributed by atoms with Crippen LogP contribution in [0.15, 0.2) is 0 Å². The maximum Gasteiger partial charge on any atom is 0.508 e. The summed E-state index contributed by atoms with van der Waals surface area (Å²) in [5.41, 5.74) is 0.0385. The van der Waals surface area contributed by atoms with E-state index >= 15 is 0 Å². The molecule has 0 radical (unpaired) electrons. The highest BCUT2D eigenvalue weighted by molar-refractivity contribution is 5.59. The number of ether oxygens (including phenoxy) is 2. The first kappa shape index (κ1) is 13.3. The minimum atomic E-state index is -0.555. The average Bonchev–Trinajstić information content (AvgIpc) is 2.11. The summed E-state index contributed by atoms with van der Waals surface area (Å²) in [5.74, 6) is 0.349. The van der Waals surface area contributed by atoms with Crippen LogP contribution in [0.2, 0.25) is 0 Å². The van der Waals surface area contributed by atoms with Crippen LogP contribution in [0.25, 0.3) is 0 Å². The van der Waals surface area contributed by atoms with Gasteiger partial charge in [-0.15, -0.1) is 0 Å². The molecule has 3 nitrogen and oxygen atoms in total. The molecule has 0 aromatic rings. The van der Waals surface area contributed by atoms with E-state index in [1.807, 2.05) is 13.8 Å². The standard InChI is InChI=1S/C11H22O3/c1-6-11(4,5)8-14-10(12)13-7-9(2)3/h9H,6-8H2,1-5H3. The molecule has 0 N–H and O–H groups in total. The maximum atomic E-state index is 11.1. The molecule has 0 saturated heterocycles. The molecular formula is C11H22O3. The van der Waals surface area contributed by atoms with Crippen LogP contribution in [-0.4, -0.2) is 19.4 Å². The Balaban J connectivity index is 3.64. The van der Waals surface area contributed by atoms with Crippen molar-refractivity contribution < 1.29 is 14.3 Å². The molecule has 0 fully saturated rings. The predicted molar refractivity (Wildman–Crippen MR) is 56.2 cm³/mol. The van der Waals surface area contributed by atoms with Gasteiger partial charge in [-0.3, -0.25) is 0 Å². The Morgan fingerprint density at radius 3 is 2.29 bits per heavy atom. The van der Waals surface area contributed by atoms with Crippen LogP contribution in [0.3, 0.4) is 0 Å². The molecule has 0 aliphatic rings. The van der Waals surface area contributed by atoms with Crippen LogP contribution >= 0.6 is 0 Å². The van der Waals surface area contributed by atoms with E-state index < -0.39 is 6.16 Å². The first-order valence-electron chi connectivity index (χ1n) is 5.17. The zero-order valence-electron chi connectivity index (χ0n) is 9.92. The molecule has 0 amide bonds. The molecule has 0 aromatic carbocycles. The lowest BCUT2D eigenvalue weighted by Gasteiger charge is -2.21. The maximum absolute atomic E-state index is 11.1. The molecule has 0 aromatic heterocycles. The van der Waals surface area contributed by atoms with E-state index in [4.69, 9.17) is 9.47 Å². The number of hydrogen-bond acceptors (Lipinski definition) is 3. The molecule has 3 heteroatoms. The molecular weight excluding hydrogens is 180 g/mol. The summed E-state index contributed by atoms with van der Waals surface area (Å²) < 4.78 is 9.87. The van der Waals surface area contributed by atoms with Crippen molar-refractivity contribution in [2.75, 3.05) is 13.2 Å². The van der Waals surface area contributed by atoms with Crippen LogP contribution < -0.4 is 0 Å². The van der Waals surface area contributed by atoms with E-state index in [0.29, 0.717) is 19.1 Å². The van der Waals surface area contributed by atoms with Crippen molar-refractivity contribution >= 4 is 6.16 Å². The molecule has 0 heterocycles.